The lowest BCUT2D eigenvalue weighted by Gasteiger charge is -2.28. The maximum absolute atomic E-state index is 5.99. The quantitative estimate of drug-likeness (QED) is 0.585. The number of benzene rings is 2. The lowest BCUT2D eigenvalue weighted by Crippen LogP contribution is -2.29. The first-order valence-corrected chi connectivity index (χ1v) is 11.3. The minimum Gasteiger partial charge on any atom is -0.487 e. The maximum atomic E-state index is 5.99. The fourth-order valence-electron chi connectivity index (χ4n) is 5.50. The molecule has 3 atom stereocenters. The lowest BCUT2D eigenvalue weighted by atomic mass is 9.88. The van der Waals surface area contributed by atoms with Gasteiger partial charge >= 0.3 is 0 Å². The molecule has 5 rings (SSSR count). The fraction of sp³-hybridized carbons (Fsp3) is 0.370. The number of rotatable bonds is 6. The zero-order chi connectivity index (χ0) is 21.2. The molecule has 0 unspecified atom stereocenters. The third-order valence-corrected chi connectivity index (χ3v) is 6.89. The number of ether oxygens (including phenoxy) is 1. The Balaban J connectivity index is 1.24. The van der Waals surface area contributed by atoms with Gasteiger partial charge in [0.1, 0.15) is 12.4 Å². The van der Waals surface area contributed by atoms with E-state index in [1.165, 1.54) is 29.8 Å². The van der Waals surface area contributed by atoms with Crippen LogP contribution in [-0.4, -0.2) is 41.5 Å². The van der Waals surface area contributed by atoms with E-state index in [4.69, 9.17) is 4.74 Å². The number of nitrogens with zero attached hydrogens (tertiary/aromatic N) is 3. The summed E-state index contributed by atoms with van der Waals surface area (Å²) in [7, 11) is 2.29. The van der Waals surface area contributed by atoms with Crippen LogP contribution >= 0.6 is 0 Å². The Morgan fingerprint density at radius 2 is 1.84 bits per heavy atom. The highest BCUT2D eigenvalue weighted by Gasteiger charge is 2.46. The van der Waals surface area contributed by atoms with Gasteiger partial charge in [-0.15, -0.1) is 0 Å². The van der Waals surface area contributed by atoms with Gasteiger partial charge in [0.05, 0.1) is 5.69 Å². The van der Waals surface area contributed by atoms with Crippen LogP contribution in [0.15, 0.2) is 72.9 Å². The van der Waals surface area contributed by atoms with E-state index in [2.05, 4.69) is 71.2 Å². The van der Waals surface area contributed by atoms with Gasteiger partial charge in [0.15, 0.2) is 0 Å². The molecular weight excluding hydrogens is 382 g/mol. The molecule has 1 aromatic heterocycles. The average Bonchev–Trinajstić information content (AvgIpc) is 3.29. The second kappa shape index (κ2) is 8.81. The number of hydrogen-bond donors (Lipinski definition) is 0. The van der Waals surface area contributed by atoms with Gasteiger partial charge in [-0.3, -0.25) is 14.8 Å². The van der Waals surface area contributed by atoms with Crippen molar-refractivity contribution in [3.8, 4) is 5.75 Å². The molecule has 2 aromatic carbocycles. The van der Waals surface area contributed by atoms with E-state index >= 15 is 0 Å². The van der Waals surface area contributed by atoms with Crippen molar-refractivity contribution in [2.45, 2.75) is 26.1 Å². The topological polar surface area (TPSA) is 28.6 Å². The van der Waals surface area contributed by atoms with Gasteiger partial charge < -0.3 is 4.74 Å². The van der Waals surface area contributed by atoms with Gasteiger partial charge in [-0.1, -0.05) is 42.5 Å². The summed E-state index contributed by atoms with van der Waals surface area (Å²) in [5.74, 6) is 2.37. The number of aryl methyl sites for hydroxylation is 1. The van der Waals surface area contributed by atoms with Crippen molar-refractivity contribution >= 4 is 0 Å². The maximum Gasteiger partial charge on any atom is 0.130 e. The molecule has 3 heterocycles. The minimum absolute atomic E-state index is 0.503. The van der Waals surface area contributed by atoms with Crippen molar-refractivity contribution in [2.75, 3.05) is 26.7 Å². The largest absolute Gasteiger partial charge is 0.487 e. The van der Waals surface area contributed by atoms with Crippen molar-refractivity contribution in [2.24, 2.45) is 11.8 Å². The Morgan fingerprint density at radius 3 is 2.68 bits per heavy atom. The van der Waals surface area contributed by atoms with Crippen LogP contribution in [0, 0.1) is 18.8 Å². The standard InChI is InChI=1S/C27H31N3O/c1-20-8-3-4-12-25(20)27-26-18-30(17-22(26)16-29(27)2)15-21-9-7-11-24(14-21)31-19-23-10-5-6-13-28-23/h3-14,22,26-27H,15-19H2,1-2H3/t22-,26+,27+/m0/s1. The fourth-order valence-corrected chi connectivity index (χ4v) is 5.50. The molecular formula is C27H31N3O. The molecule has 31 heavy (non-hydrogen) atoms. The monoisotopic (exact) mass is 413 g/mol. The second-order valence-corrected chi connectivity index (χ2v) is 9.12. The summed E-state index contributed by atoms with van der Waals surface area (Å²) in [6.07, 6.45) is 1.81. The third-order valence-electron chi connectivity index (χ3n) is 6.89. The number of pyridine rings is 1. The number of hydrogen-bond acceptors (Lipinski definition) is 4. The molecule has 0 bridgehead atoms. The summed E-state index contributed by atoms with van der Waals surface area (Å²) in [6, 6.07) is 23.9. The normalized spacial score (nSPS) is 23.7. The molecule has 0 amide bonds. The van der Waals surface area contributed by atoms with Crippen LogP contribution in [0.3, 0.4) is 0 Å². The summed E-state index contributed by atoms with van der Waals surface area (Å²) in [5, 5.41) is 0. The van der Waals surface area contributed by atoms with Crippen molar-refractivity contribution in [1.82, 2.24) is 14.8 Å². The minimum atomic E-state index is 0.503. The second-order valence-electron chi connectivity index (χ2n) is 9.12. The van der Waals surface area contributed by atoms with Crippen molar-refractivity contribution in [1.29, 1.82) is 0 Å². The summed E-state index contributed by atoms with van der Waals surface area (Å²) in [4.78, 5) is 9.54. The van der Waals surface area contributed by atoms with Crippen molar-refractivity contribution < 1.29 is 4.74 Å². The molecule has 4 nitrogen and oxygen atoms in total. The number of aromatic nitrogens is 1. The van der Waals surface area contributed by atoms with E-state index in [-0.39, 0.29) is 0 Å². The van der Waals surface area contributed by atoms with E-state index in [1.54, 1.807) is 6.20 Å². The van der Waals surface area contributed by atoms with Gasteiger partial charge in [-0.2, -0.15) is 0 Å². The van der Waals surface area contributed by atoms with Crippen LogP contribution < -0.4 is 4.74 Å². The molecule has 0 spiro atoms. The zero-order valence-electron chi connectivity index (χ0n) is 18.4. The highest BCUT2D eigenvalue weighted by molar-refractivity contribution is 5.32. The van der Waals surface area contributed by atoms with E-state index in [9.17, 15) is 0 Å². The molecule has 4 heteroatoms. The van der Waals surface area contributed by atoms with Gasteiger partial charge in [-0.25, -0.2) is 0 Å². The number of likely N-dealkylation sites (tertiary alicyclic amines) is 2. The number of fused-ring (bicyclic) bond motifs is 1. The van der Waals surface area contributed by atoms with E-state index in [0.717, 1.165) is 30.5 Å². The Hall–Kier alpha value is -2.69. The molecule has 0 N–H and O–H groups in total. The van der Waals surface area contributed by atoms with E-state index < -0.39 is 0 Å². The van der Waals surface area contributed by atoms with E-state index in [0.29, 0.717) is 18.6 Å². The SMILES string of the molecule is Cc1ccccc1[C@@H]1[C@@H]2CN(Cc3cccc(OCc4ccccn4)c3)C[C@@H]2CN1C. The van der Waals surface area contributed by atoms with Gasteiger partial charge in [-0.05, 0) is 66.8 Å². The van der Waals surface area contributed by atoms with Crippen LogP contribution in [0.5, 0.6) is 5.75 Å². The molecule has 0 saturated carbocycles. The molecule has 0 radical (unpaired) electrons. The lowest BCUT2D eigenvalue weighted by molar-refractivity contribution is 0.224. The van der Waals surface area contributed by atoms with Crippen molar-refractivity contribution in [3.63, 3.8) is 0 Å². The van der Waals surface area contributed by atoms with Crippen LogP contribution in [0.4, 0.5) is 0 Å². The first kappa shape index (κ1) is 20.2. The molecule has 2 aliphatic heterocycles. The van der Waals surface area contributed by atoms with Crippen LogP contribution in [0.1, 0.15) is 28.4 Å². The van der Waals surface area contributed by atoms with Crippen LogP contribution in [-0.2, 0) is 13.2 Å². The molecule has 2 saturated heterocycles. The van der Waals surface area contributed by atoms with E-state index in [1.807, 2.05) is 24.3 Å². The average molecular weight is 414 g/mol. The molecule has 0 aliphatic carbocycles. The Kier molecular flexibility index (Phi) is 5.75. The van der Waals surface area contributed by atoms with Gasteiger partial charge in [0.25, 0.3) is 0 Å². The molecule has 3 aromatic rings. The summed E-state index contributed by atoms with van der Waals surface area (Å²) < 4.78 is 5.99. The van der Waals surface area contributed by atoms with Gasteiger partial charge in [0, 0.05) is 38.4 Å². The Morgan fingerprint density at radius 1 is 0.968 bits per heavy atom. The summed E-state index contributed by atoms with van der Waals surface area (Å²) in [6.45, 7) is 7.26. The highest BCUT2D eigenvalue weighted by atomic mass is 16.5. The van der Waals surface area contributed by atoms with Crippen molar-refractivity contribution in [3.05, 3.63) is 95.3 Å². The highest BCUT2D eigenvalue weighted by Crippen LogP contribution is 2.45. The first-order chi connectivity index (χ1) is 15.2. The molecule has 2 aliphatic rings. The third kappa shape index (κ3) is 4.36. The summed E-state index contributed by atoms with van der Waals surface area (Å²) in [5.41, 5.74) is 5.19. The summed E-state index contributed by atoms with van der Waals surface area (Å²) >= 11 is 0. The Labute approximate surface area is 185 Å². The molecule has 160 valence electrons. The predicted molar refractivity (Wildman–Crippen MR) is 124 cm³/mol. The Bertz CT molecular complexity index is 1020. The zero-order valence-corrected chi connectivity index (χ0v) is 18.4. The smallest absolute Gasteiger partial charge is 0.130 e. The van der Waals surface area contributed by atoms with Crippen LogP contribution in [0.2, 0.25) is 0 Å². The predicted octanol–water partition coefficient (Wildman–Crippen LogP) is 4.70. The first-order valence-electron chi connectivity index (χ1n) is 11.3. The molecule has 2 fully saturated rings. The van der Waals surface area contributed by atoms with Gasteiger partial charge in [0.2, 0.25) is 0 Å². The van der Waals surface area contributed by atoms with Crippen LogP contribution in [0.25, 0.3) is 0 Å².